The van der Waals surface area contributed by atoms with Crippen LogP contribution in [0.3, 0.4) is 0 Å². The van der Waals surface area contributed by atoms with Crippen LogP contribution in [0.15, 0.2) is 0 Å². The first-order valence-corrected chi connectivity index (χ1v) is 7.32. The fourth-order valence-electron chi connectivity index (χ4n) is 2.20. The second-order valence-electron chi connectivity index (χ2n) is 4.86. The number of esters is 1. The molecular formula is C14H26N2O4. The summed E-state index contributed by atoms with van der Waals surface area (Å²) < 4.78 is 9.86. The minimum Gasteiger partial charge on any atom is -0.469 e. The molecule has 0 radical (unpaired) electrons. The number of methoxy groups -OCH3 is 1. The monoisotopic (exact) mass is 286 g/mol. The molecule has 0 aliphatic carbocycles. The minimum absolute atomic E-state index is 0.187. The first-order chi connectivity index (χ1) is 9.67. The Hall–Kier alpha value is -1.14. The quantitative estimate of drug-likeness (QED) is 0.609. The third-order valence-electron chi connectivity index (χ3n) is 3.54. The van der Waals surface area contributed by atoms with E-state index in [0.29, 0.717) is 45.7 Å². The van der Waals surface area contributed by atoms with E-state index >= 15 is 0 Å². The van der Waals surface area contributed by atoms with Gasteiger partial charge in [0, 0.05) is 26.1 Å². The number of hydrogen-bond acceptors (Lipinski definition) is 5. The van der Waals surface area contributed by atoms with Gasteiger partial charge in [0.15, 0.2) is 0 Å². The van der Waals surface area contributed by atoms with Crippen LogP contribution in [-0.4, -0.2) is 74.7 Å². The normalized spacial score (nSPS) is 15.4. The van der Waals surface area contributed by atoms with Crippen molar-refractivity contribution in [3.8, 4) is 0 Å². The lowest BCUT2D eigenvalue weighted by molar-refractivity contribution is -0.141. The topological polar surface area (TPSA) is 59.1 Å². The number of morpholine rings is 1. The van der Waals surface area contributed by atoms with Crippen LogP contribution in [0.5, 0.6) is 0 Å². The zero-order chi connectivity index (χ0) is 14.8. The molecule has 0 spiro atoms. The van der Waals surface area contributed by atoms with Crippen molar-refractivity contribution in [3.05, 3.63) is 0 Å². The highest BCUT2D eigenvalue weighted by Crippen LogP contribution is 2.04. The van der Waals surface area contributed by atoms with Crippen LogP contribution < -0.4 is 0 Å². The molecule has 116 valence electrons. The molecule has 1 saturated heterocycles. The Labute approximate surface area is 121 Å². The summed E-state index contributed by atoms with van der Waals surface area (Å²) in [5.74, 6) is 0.0187. The smallest absolute Gasteiger partial charge is 0.306 e. The van der Waals surface area contributed by atoms with Gasteiger partial charge in [-0.25, -0.2) is 0 Å². The number of carbonyl (C=O) groups excluding carboxylic acids is 2. The summed E-state index contributed by atoms with van der Waals surface area (Å²) in [5.41, 5.74) is 0. The molecule has 1 fully saturated rings. The molecule has 6 nitrogen and oxygen atoms in total. The fraction of sp³-hybridized carbons (Fsp3) is 0.857. The summed E-state index contributed by atoms with van der Waals surface area (Å²) in [4.78, 5) is 27.1. The van der Waals surface area contributed by atoms with Gasteiger partial charge in [0.2, 0.25) is 5.91 Å². The maximum atomic E-state index is 12.0. The second kappa shape index (κ2) is 9.72. The van der Waals surface area contributed by atoms with E-state index in [1.807, 2.05) is 4.90 Å². The molecule has 0 atom stereocenters. The first kappa shape index (κ1) is 16.9. The highest BCUT2D eigenvalue weighted by Gasteiger charge is 2.16. The van der Waals surface area contributed by atoms with Crippen molar-refractivity contribution in [2.75, 3.05) is 53.0 Å². The first-order valence-electron chi connectivity index (χ1n) is 7.32. The molecule has 1 rings (SSSR count). The maximum Gasteiger partial charge on any atom is 0.306 e. The lowest BCUT2D eigenvalue weighted by atomic mass is 10.2. The predicted octanol–water partition coefficient (Wildman–Crippen LogP) is 0.510. The second-order valence-corrected chi connectivity index (χ2v) is 4.86. The van der Waals surface area contributed by atoms with Crippen molar-refractivity contribution in [3.63, 3.8) is 0 Å². The third kappa shape index (κ3) is 6.34. The van der Waals surface area contributed by atoms with E-state index in [4.69, 9.17) is 4.74 Å². The number of carbonyl (C=O) groups is 2. The van der Waals surface area contributed by atoms with Crippen LogP contribution in [0.1, 0.15) is 26.2 Å². The summed E-state index contributed by atoms with van der Waals surface area (Å²) in [6, 6.07) is 0. The van der Waals surface area contributed by atoms with Crippen LogP contribution in [-0.2, 0) is 19.1 Å². The van der Waals surface area contributed by atoms with Gasteiger partial charge in [-0.3, -0.25) is 9.59 Å². The van der Waals surface area contributed by atoms with Crippen molar-refractivity contribution in [1.29, 1.82) is 0 Å². The zero-order valence-electron chi connectivity index (χ0n) is 12.6. The average Bonchev–Trinajstić information content (AvgIpc) is 2.50. The molecule has 1 heterocycles. The van der Waals surface area contributed by atoms with Crippen LogP contribution in [0, 0.1) is 0 Å². The molecule has 1 aliphatic rings. The third-order valence-corrected chi connectivity index (χ3v) is 3.54. The highest BCUT2D eigenvalue weighted by molar-refractivity contribution is 5.76. The number of rotatable bonds is 8. The van der Waals surface area contributed by atoms with E-state index in [2.05, 4.69) is 16.6 Å². The molecule has 6 heteroatoms. The standard InChI is InChI=1S/C14H26N2O4/c1-3-15(8-6-14(18)19-2)7-4-5-13(17)16-9-11-20-12-10-16/h3-12H2,1-2H3. The van der Waals surface area contributed by atoms with E-state index in [0.717, 1.165) is 19.5 Å². The molecule has 0 unspecified atom stereocenters. The summed E-state index contributed by atoms with van der Waals surface area (Å²) in [6.07, 6.45) is 1.79. The van der Waals surface area contributed by atoms with Crippen molar-refractivity contribution in [2.24, 2.45) is 0 Å². The predicted molar refractivity (Wildman–Crippen MR) is 75.4 cm³/mol. The van der Waals surface area contributed by atoms with E-state index in [1.165, 1.54) is 7.11 Å². The molecule has 1 amide bonds. The summed E-state index contributed by atoms with van der Waals surface area (Å²) in [7, 11) is 1.40. The SMILES string of the molecule is CCN(CCCC(=O)N1CCOCC1)CCC(=O)OC. The van der Waals surface area contributed by atoms with Gasteiger partial charge < -0.3 is 19.3 Å². The number of amides is 1. The Bertz CT molecular complexity index is 304. The van der Waals surface area contributed by atoms with Crippen molar-refractivity contribution >= 4 is 11.9 Å². The molecule has 0 aromatic carbocycles. The van der Waals surface area contributed by atoms with E-state index in [-0.39, 0.29) is 11.9 Å². The molecule has 0 bridgehead atoms. The largest absolute Gasteiger partial charge is 0.469 e. The van der Waals surface area contributed by atoms with E-state index in [9.17, 15) is 9.59 Å². The average molecular weight is 286 g/mol. The van der Waals surface area contributed by atoms with Gasteiger partial charge in [-0.2, -0.15) is 0 Å². The summed E-state index contributed by atoms with van der Waals surface area (Å²) in [5, 5.41) is 0. The number of ether oxygens (including phenoxy) is 2. The van der Waals surface area contributed by atoms with E-state index < -0.39 is 0 Å². The Morgan fingerprint density at radius 1 is 1.20 bits per heavy atom. The van der Waals surface area contributed by atoms with Gasteiger partial charge in [-0.05, 0) is 19.5 Å². The van der Waals surface area contributed by atoms with E-state index in [1.54, 1.807) is 0 Å². The molecular weight excluding hydrogens is 260 g/mol. The lowest BCUT2D eigenvalue weighted by Crippen LogP contribution is -2.40. The van der Waals surface area contributed by atoms with Crippen molar-refractivity contribution in [1.82, 2.24) is 9.80 Å². The molecule has 0 aromatic rings. The molecule has 1 aliphatic heterocycles. The molecule has 0 aromatic heterocycles. The summed E-state index contributed by atoms with van der Waals surface area (Å²) in [6.45, 7) is 7.16. The summed E-state index contributed by atoms with van der Waals surface area (Å²) >= 11 is 0. The van der Waals surface area contributed by atoms with Crippen LogP contribution >= 0.6 is 0 Å². The van der Waals surface area contributed by atoms with Crippen molar-refractivity contribution < 1.29 is 19.1 Å². The Morgan fingerprint density at radius 3 is 2.50 bits per heavy atom. The van der Waals surface area contributed by atoms with Gasteiger partial charge in [-0.1, -0.05) is 6.92 Å². The number of nitrogens with zero attached hydrogens (tertiary/aromatic N) is 2. The van der Waals surface area contributed by atoms with Crippen LogP contribution in [0.25, 0.3) is 0 Å². The Balaban J connectivity index is 2.16. The molecule has 0 N–H and O–H groups in total. The van der Waals surface area contributed by atoms with Crippen LogP contribution in [0.2, 0.25) is 0 Å². The molecule has 0 saturated carbocycles. The molecule has 20 heavy (non-hydrogen) atoms. The van der Waals surface area contributed by atoms with Gasteiger partial charge in [-0.15, -0.1) is 0 Å². The Morgan fingerprint density at radius 2 is 1.90 bits per heavy atom. The number of hydrogen-bond donors (Lipinski definition) is 0. The highest BCUT2D eigenvalue weighted by atomic mass is 16.5. The van der Waals surface area contributed by atoms with Crippen LogP contribution in [0.4, 0.5) is 0 Å². The van der Waals surface area contributed by atoms with Gasteiger partial charge in [0.05, 0.1) is 26.7 Å². The van der Waals surface area contributed by atoms with Gasteiger partial charge in [0.25, 0.3) is 0 Å². The zero-order valence-corrected chi connectivity index (χ0v) is 12.6. The van der Waals surface area contributed by atoms with Crippen molar-refractivity contribution in [2.45, 2.75) is 26.2 Å². The maximum absolute atomic E-state index is 12.0. The fourth-order valence-corrected chi connectivity index (χ4v) is 2.20. The Kier molecular flexibility index (Phi) is 8.22. The van der Waals surface area contributed by atoms with Gasteiger partial charge in [0.1, 0.15) is 0 Å². The minimum atomic E-state index is -0.187. The lowest BCUT2D eigenvalue weighted by Gasteiger charge is -2.27. The van der Waals surface area contributed by atoms with Gasteiger partial charge >= 0.3 is 5.97 Å².